The minimum atomic E-state index is -2.44. The molecule has 1 unspecified atom stereocenters. The van der Waals surface area contributed by atoms with Crippen LogP contribution < -0.4 is 0 Å². The van der Waals surface area contributed by atoms with E-state index in [2.05, 4.69) is 64.1 Å². The number of benzene rings is 2. The molecule has 0 aromatic heterocycles. The molecule has 0 radical (unpaired) electrons. The first kappa shape index (κ1) is 20.4. The molecule has 1 aliphatic carbocycles. The molecule has 0 heterocycles. The average Bonchev–Trinajstić information content (AvgIpc) is 2.92. The molecular formula is C23H27Cl2Zr. The van der Waals surface area contributed by atoms with Crippen LogP contribution in [0.1, 0.15) is 64.6 Å². The van der Waals surface area contributed by atoms with E-state index in [-0.39, 0.29) is 0 Å². The second kappa shape index (κ2) is 8.77. The van der Waals surface area contributed by atoms with Crippen molar-refractivity contribution in [3.8, 4) is 11.1 Å². The van der Waals surface area contributed by atoms with Gasteiger partial charge >= 0.3 is 174 Å². The molecule has 137 valence electrons. The topological polar surface area (TPSA) is 0 Å². The maximum atomic E-state index is 6.61. The van der Waals surface area contributed by atoms with Crippen LogP contribution in [-0.4, -0.2) is 0 Å². The van der Waals surface area contributed by atoms with Crippen molar-refractivity contribution in [1.82, 2.24) is 0 Å². The van der Waals surface area contributed by atoms with Crippen LogP contribution in [0.25, 0.3) is 17.2 Å². The van der Waals surface area contributed by atoms with Crippen LogP contribution in [0.15, 0.2) is 35.9 Å². The summed E-state index contributed by atoms with van der Waals surface area (Å²) < 4.78 is 0.316. The number of hydrogen-bond acceptors (Lipinski definition) is 0. The molecule has 3 heteroatoms. The maximum absolute atomic E-state index is 6.61. The second-order valence-electron chi connectivity index (χ2n) is 7.42. The molecule has 0 amide bonds. The first-order valence-electron chi connectivity index (χ1n) is 9.59. The fourth-order valence-electron chi connectivity index (χ4n) is 4.26. The van der Waals surface area contributed by atoms with Crippen molar-refractivity contribution in [3.05, 3.63) is 63.7 Å². The third-order valence-electron chi connectivity index (χ3n) is 5.16. The third-order valence-corrected chi connectivity index (χ3v) is 10.5. The summed E-state index contributed by atoms with van der Waals surface area (Å²) in [4.78, 5) is 0. The van der Waals surface area contributed by atoms with Crippen molar-refractivity contribution in [1.29, 1.82) is 0 Å². The van der Waals surface area contributed by atoms with Crippen LogP contribution in [0.5, 0.6) is 0 Å². The molecule has 0 N–H and O–H groups in total. The monoisotopic (exact) mass is 463 g/mol. The van der Waals surface area contributed by atoms with E-state index in [9.17, 15) is 0 Å². The zero-order chi connectivity index (χ0) is 18.8. The Kier molecular flexibility index (Phi) is 6.87. The van der Waals surface area contributed by atoms with Gasteiger partial charge in [-0.05, 0) is 0 Å². The normalized spacial score (nSPS) is 15.8. The first-order chi connectivity index (χ1) is 12.5. The second-order valence-corrected chi connectivity index (χ2v) is 16.2. The minimum absolute atomic E-state index is 0.316. The average molecular weight is 466 g/mol. The van der Waals surface area contributed by atoms with Gasteiger partial charge < -0.3 is 0 Å². The van der Waals surface area contributed by atoms with Crippen molar-refractivity contribution in [2.45, 2.75) is 57.0 Å². The third kappa shape index (κ3) is 4.06. The van der Waals surface area contributed by atoms with Crippen LogP contribution in [0.3, 0.4) is 0 Å². The van der Waals surface area contributed by atoms with Crippen molar-refractivity contribution in [3.63, 3.8) is 0 Å². The Labute approximate surface area is 173 Å². The number of halogens is 2. The number of allylic oxidation sites excluding steroid dienone is 1. The predicted molar refractivity (Wildman–Crippen MR) is 113 cm³/mol. The van der Waals surface area contributed by atoms with E-state index in [0.717, 1.165) is 25.7 Å². The Morgan fingerprint density at radius 1 is 0.923 bits per heavy atom. The van der Waals surface area contributed by atoms with Gasteiger partial charge in [-0.2, -0.15) is 0 Å². The van der Waals surface area contributed by atoms with Crippen LogP contribution in [-0.2, 0) is 25.8 Å². The molecule has 0 fully saturated rings. The van der Waals surface area contributed by atoms with Gasteiger partial charge in [0.1, 0.15) is 0 Å². The van der Waals surface area contributed by atoms with Crippen LogP contribution in [0.2, 0.25) is 0 Å². The fourth-order valence-corrected chi connectivity index (χ4v) is 9.75. The van der Waals surface area contributed by atoms with E-state index in [1.54, 1.807) is 0 Å². The molecule has 2 aromatic carbocycles. The van der Waals surface area contributed by atoms with Crippen LogP contribution in [0, 0.1) is 13.8 Å². The molecule has 1 aliphatic rings. The first-order valence-corrected chi connectivity index (χ1v) is 17.3. The SMILES string of the molecule is CCCC1=Cc2c(ccc(CCC)c2-c2cc(C)cc(C)c2)[CH]1[Zr]([Cl])[Cl]. The van der Waals surface area contributed by atoms with E-state index in [0.29, 0.717) is 3.63 Å². The molecule has 1 atom stereocenters. The number of aryl methyl sites for hydroxylation is 3. The summed E-state index contributed by atoms with van der Waals surface area (Å²) in [7, 11) is 13.2. The van der Waals surface area contributed by atoms with Crippen LogP contribution >= 0.6 is 17.0 Å². The molecule has 0 aliphatic heterocycles. The van der Waals surface area contributed by atoms with Gasteiger partial charge in [-0.1, -0.05) is 0 Å². The molecule has 3 rings (SSSR count). The van der Waals surface area contributed by atoms with Gasteiger partial charge in [0.15, 0.2) is 0 Å². The van der Waals surface area contributed by atoms with Crippen LogP contribution in [0.4, 0.5) is 0 Å². The van der Waals surface area contributed by atoms with E-state index < -0.39 is 19.4 Å². The number of fused-ring (bicyclic) bond motifs is 1. The Morgan fingerprint density at radius 3 is 2.15 bits per heavy atom. The van der Waals surface area contributed by atoms with Crippen molar-refractivity contribution in [2.75, 3.05) is 0 Å². The fraction of sp³-hybridized carbons (Fsp3) is 0.391. The molecular weight excluding hydrogens is 438 g/mol. The molecule has 26 heavy (non-hydrogen) atoms. The zero-order valence-corrected chi connectivity index (χ0v) is 20.1. The molecule has 2 aromatic rings. The predicted octanol–water partition coefficient (Wildman–Crippen LogP) is 8.09. The summed E-state index contributed by atoms with van der Waals surface area (Å²) in [6.45, 7) is 8.86. The summed E-state index contributed by atoms with van der Waals surface area (Å²) in [5, 5.41) is 0. The van der Waals surface area contributed by atoms with Gasteiger partial charge in [-0.15, -0.1) is 0 Å². The Bertz CT molecular complexity index is 816. The van der Waals surface area contributed by atoms with E-state index >= 15 is 0 Å². The summed E-state index contributed by atoms with van der Waals surface area (Å²) in [5.74, 6) is 0. The molecule has 0 saturated heterocycles. The quantitative estimate of drug-likeness (QED) is 0.404. The van der Waals surface area contributed by atoms with Crippen molar-refractivity contribution >= 4 is 23.1 Å². The number of rotatable bonds is 6. The van der Waals surface area contributed by atoms with Gasteiger partial charge in [0.25, 0.3) is 0 Å². The summed E-state index contributed by atoms with van der Waals surface area (Å²) in [5.41, 5.74) is 11.0. The zero-order valence-electron chi connectivity index (χ0n) is 16.1. The van der Waals surface area contributed by atoms with Gasteiger partial charge in [-0.25, -0.2) is 0 Å². The molecule has 0 spiro atoms. The molecule has 0 nitrogen and oxygen atoms in total. The standard InChI is InChI=1S/C23H27.2ClH.Zr/c1-5-7-18-14-20-10-9-19(8-6-2)23(22(20)15-18)21-12-16(3)11-17(4)13-21;;;/h9-15H,5-8H2,1-4H3;2*1H;/q;;;+2/p-2. The summed E-state index contributed by atoms with van der Waals surface area (Å²) in [6.07, 6.45) is 6.91. The van der Waals surface area contributed by atoms with E-state index in [1.165, 1.54) is 44.5 Å². The van der Waals surface area contributed by atoms with E-state index in [1.807, 2.05) is 0 Å². The molecule has 0 bridgehead atoms. The van der Waals surface area contributed by atoms with Gasteiger partial charge in [0.05, 0.1) is 0 Å². The van der Waals surface area contributed by atoms with E-state index in [4.69, 9.17) is 17.0 Å². The summed E-state index contributed by atoms with van der Waals surface area (Å²) >= 11 is -2.44. The van der Waals surface area contributed by atoms with Crippen molar-refractivity contribution < 1.29 is 19.4 Å². The molecule has 0 saturated carbocycles. The van der Waals surface area contributed by atoms with Gasteiger partial charge in [0, 0.05) is 0 Å². The Morgan fingerprint density at radius 2 is 1.58 bits per heavy atom. The van der Waals surface area contributed by atoms with Gasteiger partial charge in [-0.3, -0.25) is 0 Å². The summed E-state index contributed by atoms with van der Waals surface area (Å²) in [6, 6.07) is 11.5. The Balaban J connectivity index is 2.26. The Hall–Kier alpha value is -0.357. The van der Waals surface area contributed by atoms with Crippen molar-refractivity contribution in [2.24, 2.45) is 0 Å². The van der Waals surface area contributed by atoms with Gasteiger partial charge in [0.2, 0.25) is 0 Å². The number of hydrogen-bond donors (Lipinski definition) is 0.